The maximum Gasteiger partial charge on any atom is 0.338 e. The summed E-state index contributed by atoms with van der Waals surface area (Å²) in [5.41, 5.74) is 0.601. The predicted octanol–water partition coefficient (Wildman–Crippen LogP) is 3.63. The van der Waals surface area contributed by atoms with E-state index in [1.54, 1.807) is 56.3 Å². The first kappa shape index (κ1) is 34.9. The minimum absolute atomic E-state index is 0.0437. The summed E-state index contributed by atoms with van der Waals surface area (Å²) in [4.78, 5) is 65.4. The van der Waals surface area contributed by atoms with Gasteiger partial charge >= 0.3 is 11.9 Å². The molecule has 1 aromatic heterocycles. The number of carboxylic acid groups (broad SMARTS) is 1. The molecule has 0 saturated heterocycles. The van der Waals surface area contributed by atoms with Crippen LogP contribution in [0.15, 0.2) is 59.5 Å². The molecule has 0 radical (unpaired) electrons. The fourth-order valence-electron chi connectivity index (χ4n) is 5.34. The molecule has 2 aromatic carbocycles. The lowest BCUT2D eigenvalue weighted by molar-refractivity contribution is -0.144. The Morgan fingerprint density at radius 3 is 2.34 bits per heavy atom. The number of amides is 1. The van der Waals surface area contributed by atoms with Crippen molar-refractivity contribution in [2.24, 2.45) is 0 Å². The van der Waals surface area contributed by atoms with Crippen LogP contribution in [0.2, 0.25) is 5.02 Å². The summed E-state index contributed by atoms with van der Waals surface area (Å²) >= 11 is 6.15. The molecule has 1 aliphatic carbocycles. The molecule has 1 amide bonds. The Bertz CT molecular complexity index is 1790. The molecule has 1 fully saturated rings. The highest BCUT2D eigenvalue weighted by atomic mass is 35.5. The van der Waals surface area contributed by atoms with Gasteiger partial charge in [-0.1, -0.05) is 30.7 Å². The first-order chi connectivity index (χ1) is 22.3. The highest BCUT2D eigenvalue weighted by Crippen LogP contribution is 2.40. The number of nitrogens with zero attached hydrogens (tertiary/aromatic N) is 3. The van der Waals surface area contributed by atoms with E-state index in [0.29, 0.717) is 46.5 Å². The standard InChI is InChI=1S/C34H35ClN4O8/c1-5-27(39-18-29(46-4)25(16-30(39)41)24-15-23(35)11-10-22(24)17-36)28(40)14-20-6-8-21(9-7-20)32(44)47-19-26(31(42)43)37-33(45)34(12-13-34)38(2)3/h6-11,15-16,18,26-27H,5,12-14,19H2,1-4H3,(H,37,45)(H,42,43)/t26-,27?/m0/s1. The fourth-order valence-corrected chi connectivity index (χ4v) is 5.52. The van der Waals surface area contributed by atoms with Gasteiger partial charge in [0.25, 0.3) is 5.56 Å². The Balaban J connectivity index is 1.43. The van der Waals surface area contributed by atoms with Crippen molar-refractivity contribution in [3.63, 3.8) is 0 Å². The molecule has 1 heterocycles. The number of Topliss-reactive ketones (excluding diaryl/α,β-unsaturated/α-hetero) is 1. The van der Waals surface area contributed by atoms with E-state index >= 15 is 0 Å². The van der Waals surface area contributed by atoms with E-state index in [4.69, 9.17) is 21.1 Å². The first-order valence-electron chi connectivity index (χ1n) is 14.8. The quantitative estimate of drug-likeness (QED) is 0.243. The SMILES string of the molecule is CCC(C(=O)Cc1ccc(C(=O)OC[C@H](NC(=O)C2(N(C)C)CC2)C(=O)O)cc1)n1cc(OC)c(-c2cc(Cl)ccc2C#N)cc1=O. The number of likely N-dealkylation sites (N-methyl/N-ethyl adjacent to an activating group) is 1. The summed E-state index contributed by atoms with van der Waals surface area (Å²) in [5.74, 6) is -2.53. The number of benzene rings is 2. The number of ether oxygens (including phenoxy) is 2. The topological polar surface area (TPSA) is 168 Å². The number of carbonyl (C=O) groups excluding carboxylic acids is 3. The van der Waals surface area contributed by atoms with Gasteiger partial charge in [0.2, 0.25) is 5.91 Å². The number of aromatic nitrogens is 1. The van der Waals surface area contributed by atoms with Gasteiger partial charge in [-0.25, -0.2) is 9.59 Å². The molecule has 1 saturated carbocycles. The zero-order valence-electron chi connectivity index (χ0n) is 26.4. The average molecular weight is 663 g/mol. The van der Waals surface area contributed by atoms with Crippen molar-refractivity contribution in [1.29, 1.82) is 5.26 Å². The van der Waals surface area contributed by atoms with Crippen molar-refractivity contribution in [1.82, 2.24) is 14.8 Å². The largest absolute Gasteiger partial charge is 0.495 e. The number of aliphatic carboxylic acids is 1. The third-order valence-electron chi connectivity index (χ3n) is 8.31. The molecule has 246 valence electrons. The number of pyridine rings is 1. The molecule has 1 unspecified atom stereocenters. The second-order valence-corrected chi connectivity index (χ2v) is 11.9. The predicted molar refractivity (Wildman–Crippen MR) is 172 cm³/mol. The van der Waals surface area contributed by atoms with Gasteiger partial charge in [0.05, 0.1) is 42.1 Å². The average Bonchev–Trinajstić information content (AvgIpc) is 3.86. The highest BCUT2D eigenvalue weighted by Gasteiger charge is 2.52. The van der Waals surface area contributed by atoms with E-state index in [1.165, 1.54) is 36.1 Å². The van der Waals surface area contributed by atoms with E-state index < -0.39 is 47.6 Å². The van der Waals surface area contributed by atoms with Gasteiger partial charge < -0.3 is 24.5 Å². The van der Waals surface area contributed by atoms with Crippen LogP contribution in [0.5, 0.6) is 5.75 Å². The van der Waals surface area contributed by atoms with Crippen LogP contribution in [0.25, 0.3) is 11.1 Å². The molecule has 3 aromatic rings. The van der Waals surface area contributed by atoms with Gasteiger partial charge in [-0.15, -0.1) is 0 Å². The van der Waals surface area contributed by atoms with Gasteiger partial charge in [0.15, 0.2) is 11.8 Å². The van der Waals surface area contributed by atoms with Gasteiger partial charge in [-0.05, 0) is 69.3 Å². The number of hydrogen-bond acceptors (Lipinski definition) is 9. The molecule has 4 rings (SSSR count). The van der Waals surface area contributed by atoms with Gasteiger partial charge in [0, 0.05) is 28.6 Å². The number of nitrogens with one attached hydrogen (secondary N) is 1. The molecular weight excluding hydrogens is 628 g/mol. The van der Waals surface area contributed by atoms with Crippen LogP contribution in [-0.2, 0) is 25.5 Å². The molecular formula is C34H35ClN4O8. The Hall–Kier alpha value is -4.99. The third kappa shape index (κ3) is 7.70. The molecule has 2 atom stereocenters. The maximum atomic E-state index is 13.4. The molecule has 2 N–H and O–H groups in total. The Labute approximate surface area is 276 Å². The van der Waals surface area contributed by atoms with Crippen molar-refractivity contribution in [3.05, 3.63) is 86.8 Å². The van der Waals surface area contributed by atoms with Crippen LogP contribution in [0.1, 0.15) is 53.7 Å². The monoisotopic (exact) mass is 662 g/mol. The van der Waals surface area contributed by atoms with Crippen LogP contribution < -0.4 is 15.6 Å². The van der Waals surface area contributed by atoms with Crippen molar-refractivity contribution >= 4 is 35.2 Å². The normalized spacial score (nSPS) is 14.4. The summed E-state index contributed by atoms with van der Waals surface area (Å²) in [6, 6.07) is 11.9. The van der Waals surface area contributed by atoms with Crippen LogP contribution in [0, 0.1) is 11.3 Å². The number of carboxylic acids is 1. The molecule has 0 bridgehead atoms. The number of halogens is 1. The molecule has 1 aliphatic rings. The maximum absolute atomic E-state index is 13.4. The Morgan fingerprint density at radius 1 is 1.11 bits per heavy atom. The number of carbonyl (C=O) groups is 4. The minimum Gasteiger partial charge on any atom is -0.495 e. The van der Waals surface area contributed by atoms with Gasteiger partial charge in [-0.3, -0.25) is 19.3 Å². The second kappa shape index (κ2) is 14.6. The third-order valence-corrected chi connectivity index (χ3v) is 8.54. The van der Waals surface area contributed by atoms with Gasteiger partial charge in [-0.2, -0.15) is 5.26 Å². The molecule has 13 heteroatoms. The smallest absolute Gasteiger partial charge is 0.338 e. The van der Waals surface area contributed by atoms with Crippen LogP contribution in [0.4, 0.5) is 0 Å². The highest BCUT2D eigenvalue weighted by molar-refractivity contribution is 6.31. The summed E-state index contributed by atoms with van der Waals surface area (Å²) < 4.78 is 12.0. The van der Waals surface area contributed by atoms with E-state index in [0.717, 1.165) is 0 Å². The summed E-state index contributed by atoms with van der Waals surface area (Å²) in [7, 11) is 4.91. The van der Waals surface area contributed by atoms with Gasteiger partial charge in [0.1, 0.15) is 12.4 Å². The molecule has 12 nitrogen and oxygen atoms in total. The number of esters is 1. The van der Waals surface area contributed by atoms with Crippen LogP contribution in [0.3, 0.4) is 0 Å². The van der Waals surface area contributed by atoms with Crippen molar-refractivity contribution in [3.8, 4) is 22.9 Å². The van der Waals surface area contributed by atoms with Crippen LogP contribution >= 0.6 is 11.6 Å². The van der Waals surface area contributed by atoms with Crippen molar-refractivity contribution < 1.29 is 33.8 Å². The Morgan fingerprint density at radius 2 is 1.79 bits per heavy atom. The molecule has 0 spiro atoms. The number of hydrogen-bond donors (Lipinski definition) is 2. The van der Waals surface area contributed by atoms with Crippen molar-refractivity contribution in [2.45, 2.75) is 50.2 Å². The summed E-state index contributed by atoms with van der Waals surface area (Å²) in [6.07, 6.45) is 2.93. The van der Waals surface area contributed by atoms with Crippen molar-refractivity contribution in [2.75, 3.05) is 27.8 Å². The number of rotatable bonds is 14. The summed E-state index contributed by atoms with van der Waals surface area (Å²) in [6.45, 7) is 1.21. The number of ketones is 1. The van der Waals surface area contributed by atoms with E-state index in [9.17, 15) is 34.3 Å². The lowest BCUT2D eigenvalue weighted by Crippen LogP contribution is -2.53. The van der Waals surface area contributed by atoms with E-state index in [1.807, 2.05) is 0 Å². The number of nitriles is 1. The minimum atomic E-state index is -1.42. The molecule has 47 heavy (non-hydrogen) atoms. The van der Waals surface area contributed by atoms with E-state index in [2.05, 4.69) is 11.4 Å². The first-order valence-corrected chi connectivity index (χ1v) is 15.2. The van der Waals surface area contributed by atoms with Crippen LogP contribution in [-0.4, -0.2) is 77.6 Å². The summed E-state index contributed by atoms with van der Waals surface area (Å²) in [5, 5.41) is 21.9. The second-order valence-electron chi connectivity index (χ2n) is 11.5. The lowest BCUT2D eigenvalue weighted by Gasteiger charge is -2.24. The zero-order valence-corrected chi connectivity index (χ0v) is 27.2. The number of methoxy groups -OCH3 is 1. The molecule has 0 aliphatic heterocycles. The fraction of sp³-hybridized carbons (Fsp3) is 0.353. The van der Waals surface area contributed by atoms with E-state index in [-0.39, 0.29) is 23.5 Å². The Kier molecular flexibility index (Phi) is 10.8. The lowest BCUT2D eigenvalue weighted by atomic mass is 9.98. The zero-order chi connectivity index (χ0) is 34.5.